The first kappa shape index (κ1) is 24.4. The normalized spacial score (nSPS) is 14.7. The molecule has 0 spiro atoms. The lowest BCUT2D eigenvalue weighted by atomic mass is 9.96. The van der Waals surface area contributed by atoms with Gasteiger partial charge in [0.25, 0.3) is 0 Å². The van der Waals surface area contributed by atoms with Crippen LogP contribution in [-0.2, 0) is 16.1 Å². The molecular formula is C24H28F3N3O3. The number of carbonyl (C=O) groups is 2. The van der Waals surface area contributed by atoms with E-state index < -0.39 is 18.1 Å². The van der Waals surface area contributed by atoms with Gasteiger partial charge in [0.1, 0.15) is 0 Å². The highest BCUT2D eigenvalue weighted by Crippen LogP contribution is 2.35. The van der Waals surface area contributed by atoms with E-state index in [1.807, 2.05) is 53.4 Å². The van der Waals surface area contributed by atoms with Gasteiger partial charge in [0.15, 0.2) is 0 Å². The lowest BCUT2D eigenvalue weighted by Gasteiger charge is -2.34. The van der Waals surface area contributed by atoms with Gasteiger partial charge in [-0.15, -0.1) is 0 Å². The summed E-state index contributed by atoms with van der Waals surface area (Å²) in [5.74, 6) is -2.30. The minimum atomic E-state index is -4.11. The number of carboxylic acid groups (broad SMARTS) is 1. The van der Waals surface area contributed by atoms with Gasteiger partial charge in [0.2, 0.25) is 5.91 Å². The molecule has 2 aromatic rings. The molecule has 1 saturated heterocycles. The van der Waals surface area contributed by atoms with Crippen molar-refractivity contribution in [1.29, 1.82) is 0 Å². The molecule has 0 aromatic heterocycles. The quantitative estimate of drug-likeness (QED) is 0.483. The fourth-order valence-corrected chi connectivity index (χ4v) is 3.78. The highest BCUT2D eigenvalue weighted by molar-refractivity contribution is 5.76. The SMILES string of the molecule is O=C(O)CCCC(=O)NCc1ccc(Nc2ccc(N3CCC(C(F)(F)F)CC3)cc2)cc1. The van der Waals surface area contributed by atoms with Gasteiger partial charge >= 0.3 is 12.1 Å². The molecule has 1 aliphatic rings. The monoisotopic (exact) mass is 463 g/mol. The lowest BCUT2D eigenvalue weighted by molar-refractivity contribution is -0.179. The van der Waals surface area contributed by atoms with E-state index in [0.29, 0.717) is 26.1 Å². The molecule has 1 heterocycles. The number of carbonyl (C=O) groups excluding carboxylic acids is 1. The summed E-state index contributed by atoms with van der Waals surface area (Å²) in [4.78, 5) is 24.2. The van der Waals surface area contributed by atoms with Crippen LogP contribution in [0.25, 0.3) is 0 Å². The van der Waals surface area contributed by atoms with Crippen molar-refractivity contribution in [3.05, 3.63) is 54.1 Å². The number of carboxylic acids is 1. The minimum Gasteiger partial charge on any atom is -0.481 e. The average Bonchev–Trinajstić information content (AvgIpc) is 2.78. The highest BCUT2D eigenvalue weighted by atomic mass is 19.4. The summed E-state index contributed by atoms with van der Waals surface area (Å²) in [5.41, 5.74) is 3.56. The molecule has 3 N–H and O–H groups in total. The van der Waals surface area contributed by atoms with Crippen molar-refractivity contribution >= 4 is 28.9 Å². The van der Waals surface area contributed by atoms with Gasteiger partial charge in [-0.25, -0.2) is 0 Å². The van der Waals surface area contributed by atoms with Crippen molar-refractivity contribution in [2.45, 2.75) is 44.8 Å². The molecule has 0 unspecified atom stereocenters. The maximum Gasteiger partial charge on any atom is 0.391 e. The number of benzene rings is 2. The first-order valence-corrected chi connectivity index (χ1v) is 11.0. The molecule has 2 aromatic carbocycles. The minimum absolute atomic E-state index is 0.0225. The number of amides is 1. The number of alkyl halides is 3. The molecule has 1 amide bonds. The molecule has 0 aliphatic carbocycles. The molecule has 0 saturated carbocycles. The molecule has 1 aliphatic heterocycles. The summed E-state index contributed by atoms with van der Waals surface area (Å²) >= 11 is 0. The third-order valence-electron chi connectivity index (χ3n) is 5.72. The molecular weight excluding hydrogens is 435 g/mol. The Kier molecular flexibility index (Phi) is 8.19. The van der Waals surface area contributed by atoms with Crippen LogP contribution in [0.2, 0.25) is 0 Å². The zero-order chi connectivity index (χ0) is 23.8. The number of piperidine rings is 1. The molecule has 0 atom stereocenters. The van der Waals surface area contributed by atoms with E-state index in [-0.39, 0.29) is 31.6 Å². The maximum atomic E-state index is 12.8. The number of anilines is 3. The maximum absolute atomic E-state index is 12.8. The number of aliphatic carboxylic acids is 1. The van der Waals surface area contributed by atoms with Crippen LogP contribution in [0.4, 0.5) is 30.2 Å². The van der Waals surface area contributed by atoms with Crippen molar-refractivity contribution in [2.24, 2.45) is 5.92 Å². The first-order chi connectivity index (χ1) is 15.7. The zero-order valence-corrected chi connectivity index (χ0v) is 18.2. The molecule has 178 valence electrons. The summed E-state index contributed by atoms with van der Waals surface area (Å²) in [5, 5.41) is 14.7. The smallest absolute Gasteiger partial charge is 0.391 e. The highest BCUT2D eigenvalue weighted by Gasteiger charge is 2.41. The Labute approximate surface area is 190 Å². The predicted molar refractivity (Wildman–Crippen MR) is 120 cm³/mol. The number of hydrogen-bond donors (Lipinski definition) is 3. The van der Waals surface area contributed by atoms with Crippen LogP contribution in [-0.4, -0.2) is 36.2 Å². The fourth-order valence-electron chi connectivity index (χ4n) is 3.78. The second kappa shape index (κ2) is 11.1. The van der Waals surface area contributed by atoms with E-state index in [0.717, 1.165) is 22.6 Å². The van der Waals surface area contributed by atoms with Gasteiger partial charge in [-0.3, -0.25) is 9.59 Å². The van der Waals surface area contributed by atoms with Gasteiger partial charge in [-0.1, -0.05) is 12.1 Å². The van der Waals surface area contributed by atoms with Crippen molar-refractivity contribution < 1.29 is 27.9 Å². The van der Waals surface area contributed by atoms with Gasteiger partial charge in [0.05, 0.1) is 5.92 Å². The van der Waals surface area contributed by atoms with Crippen molar-refractivity contribution in [3.8, 4) is 0 Å². The zero-order valence-electron chi connectivity index (χ0n) is 18.2. The Balaban J connectivity index is 1.45. The Morgan fingerprint density at radius 2 is 1.52 bits per heavy atom. The topological polar surface area (TPSA) is 81.7 Å². The van der Waals surface area contributed by atoms with E-state index in [2.05, 4.69) is 10.6 Å². The number of halogens is 3. The number of nitrogens with one attached hydrogen (secondary N) is 2. The molecule has 1 fully saturated rings. The summed E-state index contributed by atoms with van der Waals surface area (Å²) < 4.78 is 38.5. The van der Waals surface area contributed by atoms with E-state index in [4.69, 9.17) is 5.11 Å². The summed E-state index contributed by atoms with van der Waals surface area (Å²) in [6, 6.07) is 15.2. The average molecular weight is 464 g/mol. The van der Waals surface area contributed by atoms with Crippen molar-refractivity contribution in [2.75, 3.05) is 23.3 Å². The molecule has 9 heteroatoms. The Hall–Kier alpha value is -3.23. The van der Waals surface area contributed by atoms with E-state index in [1.54, 1.807) is 0 Å². The number of nitrogens with zero attached hydrogens (tertiary/aromatic N) is 1. The third kappa shape index (κ3) is 7.69. The summed E-state index contributed by atoms with van der Waals surface area (Å²) in [7, 11) is 0. The second-order valence-corrected chi connectivity index (χ2v) is 8.20. The largest absolute Gasteiger partial charge is 0.481 e. The molecule has 0 radical (unpaired) electrons. The predicted octanol–water partition coefficient (Wildman–Crippen LogP) is 5.08. The third-order valence-corrected chi connectivity index (χ3v) is 5.72. The Morgan fingerprint density at radius 3 is 2.06 bits per heavy atom. The standard InChI is InChI=1S/C24H28F3N3O3/c25-24(26,27)18-12-14-30(15-13-18)21-10-8-20(9-11-21)29-19-6-4-17(5-7-19)16-28-22(31)2-1-3-23(32)33/h4-11,18,29H,1-3,12-16H2,(H,28,31)(H,32,33). The molecule has 6 nitrogen and oxygen atoms in total. The van der Waals surface area contributed by atoms with Crippen molar-refractivity contribution in [1.82, 2.24) is 5.32 Å². The van der Waals surface area contributed by atoms with Gasteiger partial charge in [0, 0.05) is 49.5 Å². The van der Waals surface area contributed by atoms with Crippen LogP contribution >= 0.6 is 0 Å². The molecule has 33 heavy (non-hydrogen) atoms. The van der Waals surface area contributed by atoms with Gasteiger partial charge in [-0.2, -0.15) is 13.2 Å². The van der Waals surface area contributed by atoms with Crippen LogP contribution in [0.1, 0.15) is 37.7 Å². The first-order valence-electron chi connectivity index (χ1n) is 11.0. The van der Waals surface area contributed by atoms with E-state index in [9.17, 15) is 22.8 Å². The van der Waals surface area contributed by atoms with Crippen LogP contribution in [0.3, 0.4) is 0 Å². The number of rotatable bonds is 9. The van der Waals surface area contributed by atoms with Gasteiger partial charge < -0.3 is 20.6 Å². The van der Waals surface area contributed by atoms with E-state index >= 15 is 0 Å². The molecule has 3 rings (SSSR count). The van der Waals surface area contributed by atoms with Crippen LogP contribution in [0.15, 0.2) is 48.5 Å². The second-order valence-electron chi connectivity index (χ2n) is 8.20. The Bertz CT molecular complexity index is 923. The van der Waals surface area contributed by atoms with Crippen molar-refractivity contribution in [3.63, 3.8) is 0 Å². The lowest BCUT2D eigenvalue weighted by Crippen LogP contribution is -2.38. The summed E-state index contributed by atoms with van der Waals surface area (Å²) in [6.07, 6.45) is -3.39. The van der Waals surface area contributed by atoms with Crippen LogP contribution in [0.5, 0.6) is 0 Å². The fraction of sp³-hybridized carbons (Fsp3) is 0.417. The van der Waals surface area contributed by atoms with Gasteiger partial charge in [-0.05, 0) is 61.2 Å². The Morgan fingerprint density at radius 1 is 0.939 bits per heavy atom. The van der Waals surface area contributed by atoms with Crippen LogP contribution in [0, 0.1) is 5.92 Å². The van der Waals surface area contributed by atoms with Crippen LogP contribution < -0.4 is 15.5 Å². The summed E-state index contributed by atoms with van der Waals surface area (Å²) in [6.45, 7) is 1.16. The number of hydrogen-bond acceptors (Lipinski definition) is 4. The van der Waals surface area contributed by atoms with E-state index in [1.165, 1.54) is 0 Å². The molecule has 0 bridgehead atoms.